The average Bonchev–Trinajstić information content (AvgIpc) is 3.54. The molecule has 8 heteroatoms. The molecule has 0 bridgehead atoms. The Morgan fingerprint density at radius 2 is 1.76 bits per heavy atom. The Bertz CT molecular complexity index is 1820. The number of benzene rings is 3. The molecule has 0 saturated heterocycles. The molecular formula is C30H24FN5O2. The molecule has 0 atom stereocenters. The van der Waals surface area contributed by atoms with Gasteiger partial charge in [-0.05, 0) is 42.5 Å². The van der Waals surface area contributed by atoms with Gasteiger partial charge in [0.2, 0.25) is 0 Å². The predicted molar refractivity (Wildman–Crippen MR) is 147 cm³/mol. The molecule has 0 saturated carbocycles. The largest absolute Gasteiger partial charge is 0.455 e. The van der Waals surface area contributed by atoms with Gasteiger partial charge in [-0.1, -0.05) is 18.2 Å². The summed E-state index contributed by atoms with van der Waals surface area (Å²) in [6, 6.07) is 19.8. The van der Waals surface area contributed by atoms with Crippen LogP contribution in [0.4, 0.5) is 10.1 Å². The number of carbonyl (C=O) groups is 1. The van der Waals surface area contributed by atoms with Crippen molar-refractivity contribution in [2.75, 3.05) is 26.0 Å². The number of carbonyl (C=O) groups excluding carboxylic acids is 1. The molecule has 0 aliphatic heterocycles. The van der Waals surface area contributed by atoms with E-state index in [1.54, 1.807) is 31.6 Å². The van der Waals surface area contributed by atoms with Gasteiger partial charge in [0.1, 0.15) is 17.2 Å². The number of fused-ring (bicyclic) bond motifs is 2. The second-order valence-electron chi connectivity index (χ2n) is 9.20. The standard InChI is InChI=1S/C30H24FN5O2/c1-32-30(37)28-24-13-23(20-12-22(17-33-15-20)36-25-7-5-4-6-19(25)16-34-36)26(35(2)3)14-27(24)38-29(28)18-8-10-21(31)11-9-18/h4-17H,1-3H3,(H,32,37). The number of pyridine rings is 1. The molecule has 0 aliphatic carbocycles. The first-order chi connectivity index (χ1) is 18.4. The molecule has 3 aromatic heterocycles. The second kappa shape index (κ2) is 9.15. The first kappa shape index (κ1) is 23.4. The monoisotopic (exact) mass is 505 g/mol. The third kappa shape index (κ3) is 3.87. The van der Waals surface area contributed by atoms with E-state index in [1.807, 2.05) is 72.3 Å². The fourth-order valence-corrected chi connectivity index (χ4v) is 4.76. The van der Waals surface area contributed by atoms with Crippen LogP contribution in [-0.2, 0) is 0 Å². The van der Waals surface area contributed by atoms with Crippen molar-refractivity contribution in [3.63, 3.8) is 0 Å². The Morgan fingerprint density at radius 1 is 0.974 bits per heavy atom. The maximum Gasteiger partial charge on any atom is 0.255 e. The fraction of sp³-hybridized carbons (Fsp3) is 0.100. The summed E-state index contributed by atoms with van der Waals surface area (Å²) in [5.41, 5.74) is 5.99. The van der Waals surface area contributed by atoms with E-state index in [2.05, 4.69) is 15.4 Å². The molecule has 38 heavy (non-hydrogen) atoms. The highest BCUT2D eigenvalue weighted by molar-refractivity contribution is 6.12. The molecule has 3 aromatic carbocycles. The molecule has 6 rings (SSSR count). The van der Waals surface area contributed by atoms with E-state index >= 15 is 0 Å². The van der Waals surface area contributed by atoms with Crippen LogP contribution in [0.1, 0.15) is 10.4 Å². The van der Waals surface area contributed by atoms with Crippen molar-refractivity contribution in [2.24, 2.45) is 0 Å². The molecule has 7 nitrogen and oxygen atoms in total. The number of halogens is 1. The van der Waals surface area contributed by atoms with Crippen LogP contribution in [0.3, 0.4) is 0 Å². The van der Waals surface area contributed by atoms with E-state index < -0.39 is 0 Å². The van der Waals surface area contributed by atoms with E-state index in [1.165, 1.54) is 12.1 Å². The van der Waals surface area contributed by atoms with Gasteiger partial charge in [-0.15, -0.1) is 0 Å². The molecular weight excluding hydrogens is 481 g/mol. The van der Waals surface area contributed by atoms with Crippen LogP contribution in [0.5, 0.6) is 0 Å². The van der Waals surface area contributed by atoms with E-state index in [0.29, 0.717) is 27.9 Å². The SMILES string of the molecule is CNC(=O)c1c(-c2ccc(F)cc2)oc2cc(N(C)C)c(-c3cncc(-n4ncc5ccccc54)c3)cc12. The van der Waals surface area contributed by atoms with Crippen molar-refractivity contribution in [3.05, 3.63) is 96.7 Å². The first-order valence-electron chi connectivity index (χ1n) is 12.1. The van der Waals surface area contributed by atoms with Crippen LogP contribution in [0.2, 0.25) is 0 Å². The van der Waals surface area contributed by atoms with Gasteiger partial charge in [-0.25, -0.2) is 9.07 Å². The Kier molecular flexibility index (Phi) is 5.64. The summed E-state index contributed by atoms with van der Waals surface area (Å²) in [7, 11) is 5.48. The van der Waals surface area contributed by atoms with Crippen LogP contribution in [0.25, 0.3) is 50.0 Å². The lowest BCUT2D eigenvalue weighted by Gasteiger charge is -2.18. The number of para-hydroxylation sites is 1. The third-order valence-corrected chi connectivity index (χ3v) is 6.61. The first-order valence-corrected chi connectivity index (χ1v) is 12.1. The number of anilines is 1. The fourth-order valence-electron chi connectivity index (χ4n) is 4.76. The highest BCUT2D eigenvalue weighted by Gasteiger charge is 2.24. The Labute approximate surface area is 218 Å². The van der Waals surface area contributed by atoms with E-state index in [9.17, 15) is 9.18 Å². The van der Waals surface area contributed by atoms with Gasteiger partial charge < -0.3 is 14.6 Å². The van der Waals surface area contributed by atoms with Crippen LogP contribution in [-0.4, -0.2) is 41.8 Å². The van der Waals surface area contributed by atoms with E-state index in [-0.39, 0.29) is 11.7 Å². The summed E-state index contributed by atoms with van der Waals surface area (Å²) >= 11 is 0. The van der Waals surface area contributed by atoms with Crippen molar-refractivity contribution in [1.29, 1.82) is 0 Å². The third-order valence-electron chi connectivity index (χ3n) is 6.61. The molecule has 0 fully saturated rings. The number of nitrogens with one attached hydrogen (secondary N) is 1. The zero-order valence-corrected chi connectivity index (χ0v) is 21.1. The highest BCUT2D eigenvalue weighted by atomic mass is 19.1. The zero-order valence-electron chi connectivity index (χ0n) is 21.1. The molecule has 6 aromatic rings. The highest BCUT2D eigenvalue weighted by Crippen LogP contribution is 2.40. The summed E-state index contributed by atoms with van der Waals surface area (Å²) in [5.74, 6) is -0.265. The summed E-state index contributed by atoms with van der Waals surface area (Å²) in [6.45, 7) is 0. The van der Waals surface area contributed by atoms with Crippen LogP contribution < -0.4 is 10.2 Å². The van der Waals surface area contributed by atoms with Gasteiger partial charge in [0.25, 0.3) is 5.91 Å². The summed E-state index contributed by atoms with van der Waals surface area (Å²) in [6.07, 6.45) is 5.40. The van der Waals surface area contributed by atoms with Crippen LogP contribution in [0.15, 0.2) is 89.7 Å². The Balaban J connectivity index is 1.57. The smallest absolute Gasteiger partial charge is 0.255 e. The van der Waals surface area contributed by atoms with Gasteiger partial charge in [-0.3, -0.25) is 9.78 Å². The normalized spacial score (nSPS) is 11.3. The van der Waals surface area contributed by atoms with Crippen LogP contribution >= 0.6 is 0 Å². The molecule has 0 spiro atoms. The molecule has 188 valence electrons. The van der Waals surface area contributed by atoms with Gasteiger partial charge in [0.15, 0.2) is 0 Å². The average molecular weight is 506 g/mol. The number of hydrogen-bond acceptors (Lipinski definition) is 5. The van der Waals surface area contributed by atoms with Crippen molar-refractivity contribution in [1.82, 2.24) is 20.1 Å². The minimum Gasteiger partial charge on any atom is -0.455 e. The van der Waals surface area contributed by atoms with E-state index in [4.69, 9.17) is 4.42 Å². The van der Waals surface area contributed by atoms with Crippen molar-refractivity contribution in [3.8, 4) is 28.1 Å². The molecule has 0 unspecified atom stereocenters. The van der Waals surface area contributed by atoms with Gasteiger partial charge in [-0.2, -0.15) is 5.10 Å². The molecule has 3 heterocycles. The molecule has 1 N–H and O–H groups in total. The molecule has 0 radical (unpaired) electrons. The lowest BCUT2D eigenvalue weighted by atomic mass is 9.98. The minimum atomic E-state index is -0.360. The van der Waals surface area contributed by atoms with Crippen LogP contribution in [0, 0.1) is 5.82 Å². The number of aromatic nitrogens is 3. The Hall–Kier alpha value is -4.98. The zero-order chi connectivity index (χ0) is 26.4. The minimum absolute atomic E-state index is 0.290. The second-order valence-corrected chi connectivity index (χ2v) is 9.20. The number of hydrogen-bond donors (Lipinski definition) is 1. The Morgan fingerprint density at radius 3 is 2.53 bits per heavy atom. The van der Waals surface area contributed by atoms with Crippen molar-refractivity contribution >= 4 is 33.5 Å². The van der Waals surface area contributed by atoms with Gasteiger partial charge >= 0.3 is 0 Å². The summed E-state index contributed by atoms with van der Waals surface area (Å²) < 4.78 is 21.7. The molecule has 1 amide bonds. The predicted octanol–water partition coefficient (Wildman–Crippen LogP) is 6.07. The number of rotatable bonds is 5. The van der Waals surface area contributed by atoms with Gasteiger partial charge in [0, 0.05) is 66.6 Å². The van der Waals surface area contributed by atoms with Crippen molar-refractivity contribution in [2.45, 2.75) is 0 Å². The quantitative estimate of drug-likeness (QED) is 0.308. The van der Waals surface area contributed by atoms with Gasteiger partial charge in [0.05, 0.1) is 29.2 Å². The number of nitrogens with zero attached hydrogens (tertiary/aromatic N) is 4. The lowest BCUT2D eigenvalue weighted by molar-refractivity contribution is 0.0964. The number of amides is 1. The topological polar surface area (TPSA) is 76.2 Å². The maximum absolute atomic E-state index is 13.6. The van der Waals surface area contributed by atoms with Crippen molar-refractivity contribution < 1.29 is 13.6 Å². The summed E-state index contributed by atoms with van der Waals surface area (Å²) in [4.78, 5) is 19.6. The summed E-state index contributed by atoms with van der Waals surface area (Å²) in [5, 5.41) is 8.98. The lowest BCUT2D eigenvalue weighted by Crippen LogP contribution is -2.18. The number of furan rings is 1. The maximum atomic E-state index is 13.6. The van der Waals surface area contributed by atoms with E-state index in [0.717, 1.165) is 33.4 Å². The molecule has 0 aliphatic rings.